The normalized spacial score (nSPS) is 18.5. The van der Waals surface area contributed by atoms with Crippen LogP contribution in [0.2, 0.25) is 0 Å². The van der Waals surface area contributed by atoms with Gasteiger partial charge >= 0.3 is 0 Å². The molecule has 0 aliphatic carbocycles. The number of benzene rings is 1. The summed E-state index contributed by atoms with van der Waals surface area (Å²) >= 11 is 0. The molecule has 5 nitrogen and oxygen atoms in total. The molecule has 124 valence electrons. The molecule has 0 aromatic heterocycles. The smallest absolute Gasteiger partial charge is 0.234 e. The lowest BCUT2D eigenvalue weighted by Gasteiger charge is -2.33. The molecule has 6 heteroatoms. The summed E-state index contributed by atoms with van der Waals surface area (Å²) < 4.78 is 5.18. The molecule has 2 N–H and O–H groups in total. The van der Waals surface area contributed by atoms with Crippen LogP contribution in [0.1, 0.15) is 18.1 Å². The van der Waals surface area contributed by atoms with E-state index in [0.717, 1.165) is 30.8 Å². The number of hydrogen-bond acceptors (Lipinski definition) is 4. The van der Waals surface area contributed by atoms with E-state index >= 15 is 0 Å². The molecular weight excluding hydrogens is 302 g/mol. The highest BCUT2D eigenvalue weighted by atomic mass is 35.5. The third-order valence-electron chi connectivity index (χ3n) is 3.88. The number of piperazine rings is 1. The van der Waals surface area contributed by atoms with Gasteiger partial charge in [0.1, 0.15) is 0 Å². The Hall–Kier alpha value is -1.14. The Morgan fingerprint density at radius 3 is 2.82 bits per heavy atom. The molecule has 1 aliphatic rings. The van der Waals surface area contributed by atoms with E-state index < -0.39 is 0 Å². The van der Waals surface area contributed by atoms with Gasteiger partial charge in [0.15, 0.2) is 0 Å². The average Bonchev–Trinajstić information content (AvgIpc) is 2.49. The zero-order chi connectivity index (χ0) is 15.1. The van der Waals surface area contributed by atoms with Gasteiger partial charge in [0.25, 0.3) is 0 Å². The van der Waals surface area contributed by atoms with E-state index in [1.165, 1.54) is 0 Å². The van der Waals surface area contributed by atoms with Gasteiger partial charge in [-0.1, -0.05) is 24.3 Å². The van der Waals surface area contributed by atoms with Crippen LogP contribution in [-0.2, 0) is 22.7 Å². The van der Waals surface area contributed by atoms with Crippen LogP contribution in [-0.4, -0.2) is 50.1 Å². The second kappa shape index (κ2) is 9.79. The molecule has 1 fully saturated rings. The first-order valence-corrected chi connectivity index (χ1v) is 7.48. The third-order valence-corrected chi connectivity index (χ3v) is 3.88. The lowest BCUT2D eigenvalue weighted by atomic mass is 10.1. The van der Waals surface area contributed by atoms with Gasteiger partial charge in [0.2, 0.25) is 5.91 Å². The molecule has 0 spiro atoms. The topological polar surface area (TPSA) is 53.6 Å². The zero-order valence-electron chi connectivity index (χ0n) is 13.3. The van der Waals surface area contributed by atoms with Crippen molar-refractivity contribution in [3.8, 4) is 0 Å². The van der Waals surface area contributed by atoms with E-state index in [-0.39, 0.29) is 18.3 Å². The number of amides is 1. The first kappa shape index (κ1) is 18.9. The van der Waals surface area contributed by atoms with Crippen molar-refractivity contribution in [2.24, 2.45) is 0 Å². The summed E-state index contributed by atoms with van der Waals surface area (Å²) in [6.45, 7) is 6.56. The van der Waals surface area contributed by atoms with Gasteiger partial charge in [-0.2, -0.15) is 0 Å². The zero-order valence-corrected chi connectivity index (χ0v) is 14.1. The maximum absolute atomic E-state index is 12.1. The Kier molecular flexibility index (Phi) is 8.42. The maximum Gasteiger partial charge on any atom is 0.234 e. The molecule has 0 unspecified atom stereocenters. The van der Waals surface area contributed by atoms with Crippen LogP contribution < -0.4 is 10.6 Å². The number of halogens is 1. The molecule has 22 heavy (non-hydrogen) atoms. The van der Waals surface area contributed by atoms with Crippen LogP contribution in [0.3, 0.4) is 0 Å². The highest BCUT2D eigenvalue weighted by Gasteiger charge is 2.20. The fourth-order valence-corrected chi connectivity index (χ4v) is 2.58. The summed E-state index contributed by atoms with van der Waals surface area (Å²) in [5, 5.41) is 6.34. The van der Waals surface area contributed by atoms with Crippen molar-refractivity contribution in [1.82, 2.24) is 15.5 Å². The Balaban J connectivity index is 0.00000242. The van der Waals surface area contributed by atoms with Gasteiger partial charge < -0.3 is 15.4 Å². The van der Waals surface area contributed by atoms with E-state index in [2.05, 4.69) is 22.5 Å². The SMILES string of the molecule is COCc1ccccc1CNC(=O)CN1CCNC[C@H]1C.Cl. The summed E-state index contributed by atoms with van der Waals surface area (Å²) in [4.78, 5) is 14.3. The van der Waals surface area contributed by atoms with Gasteiger partial charge in [-0.3, -0.25) is 9.69 Å². The van der Waals surface area contributed by atoms with Crippen molar-refractivity contribution in [3.05, 3.63) is 35.4 Å². The molecule has 1 atom stereocenters. The molecule has 0 radical (unpaired) electrons. The number of hydrogen-bond donors (Lipinski definition) is 2. The minimum atomic E-state index is 0. The summed E-state index contributed by atoms with van der Waals surface area (Å²) in [5.41, 5.74) is 2.23. The van der Waals surface area contributed by atoms with E-state index in [1.807, 2.05) is 24.3 Å². The van der Waals surface area contributed by atoms with Crippen LogP contribution >= 0.6 is 12.4 Å². The van der Waals surface area contributed by atoms with Crippen molar-refractivity contribution >= 4 is 18.3 Å². The molecule has 1 aliphatic heterocycles. The molecule has 0 bridgehead atoms. The highest BCUT2D eigenvalue weighted by molar-refractivity contribution is 5.85. The number of methoxy groups -OCH3 is 1. The first-order chi connectivity index (χ1) is 10.2. The summed E-state index contributed by atoms with van der Waals surface area (Å²) in [5.74, 6) is 0.0796. The minimum Gasteiger partial charge on any atom is -0.380 e. The molecule has 1 saturated heterocycles. The van der Waals surface area contributed by atoms with Crippen molar-refractivity contribution in [2.45, 2.75) is 26.1 Å². The van der Waals surface area contributed by atoms with Crippen molar-refractivity contribution in [1.29, 1.82) is 0 Å². The predicted octanol–water partition coefficient (Wildman–Crippen LogP) is 1.16. The lowest BCUT2D eigenvalue weighted by Crippen LogP contribution is -2.52. The second-order valence-corrected chi connectivity index (χ2v) is 5.50. The average molecular weight is 328 g/mol. The summed E-state index contributed by atoms with van der Waals surface area (Å²) in [6, 6.07) is 8.44. The fourth-order valence-electron chi connectivity index (χ4n) is 2.58. The van der Waals surface area contributed by atoms with Gasteiger partial charge in [0, 0.05) is 39.3 Å². The number of carbonyl (C=O) groups is 1. The molecule has 1 amide bonds. The Bertz CT molecular complexity index is 470. The van der Waals surface area contributed by atoms with E-state index in [0.29, 0.717) is 25.7 Å². The number of carbonyl (C=O) groups excluding carboxylic acids is 1. The predicted molar refractivity (Wildman–Crippen MR) is 90.2 cm³/mol. The van der Waals surface area contributed by atoms with Gasteiger partial charge in [0.05, 0.1) is 13.2 Å². The van der Waals surface area contributed by atoms with E-state index in [1.54, 1.807) is 7.11 Å². The fraction of sp³-hybridized carbons (Fsp3) is 0.562. The number of rotatable bonds is 6. The third kappa shape index (κ3) is 5.57. The molecule has 1 aromatic carbocycles. The summed E-state index contributed by atoms with van der Waals surface area (Å²) in [7, 11) is 1.68. The van der Waals surface area contributed by atoms with Crippen molar-refractivity contribution in [3.63, 3.8) is 0 Å². The molecular formula is C16H26ClN3O2. The standard InChI is InChI=1S/C16H25N3O2.ClH/c1-13-9-17-7-8-19(13)11-16(20)18-10-14-5-3-4-6-15(14)12-21-2;/h3-6,13,17H,7-12H2,1-2H3,(H,18,20);1H/t13-;/m1./s1. The Morgan fingerprint density at radius 2 is 2.14 bits per heavy atom. The van der Waals surface area contributed by atoms with E-state index in [4.69, 9.17) is 4.74 Å². The van der Waals surface area contributed by atoms with Crippen LogP contribution in [0.25, 0.3) is 0 Å². The second-order valence-electron chi connectivity index (χ2n) is 5.50. The molecule has 1 heterocycles. The quantitative estimate of drug-likeness (QED) is 0.823. The lowest BCUT2D eigenvalue weighted by molar-refractivity contribution is -0.123. The largest absolute Gasteiger partial charge is 0.380 e. The van der Waals surface area contributed by atoms with Crippen LogP contribution in [0.15, 0.2) is 24.3 Å². The van der Waals surface area contributed by atoms with Crippen LogP contribution in [0, 0.1) is 0 Å². The van der Waals surface area contributed by atoms with Gasteiger partial charge in [-0.15, -0.1) is 12.4 Å². The monoisotopic (exact) mass is 327 g/mol. The van der Waals surface area contributed by atoms with Crippen LogP contribution in [0.5, 0.6) is 0 Å². The van der Waals surface area contributed by atoms with Crippen molar-refractivity contribution < 1.29 is 9.53 Å². The highest BCUT2D eigenvalue weighted by Crippen LogP contribution is 2.09. The minimum absolute atomic E-state index is 0. The summed E-state index contributed by atoms with van der Waals surface area (Å²) in [6.07, 6.45) is 0. The van der Waals surface area contributed by atoms with Gasteiger partial charge in [-0.25, -0.2) is 0 Å². The molecule has 2 rings (SSSR count). The molecule has 0 saturated carbocycles. The van der Waals surface area contributed by atoms with Crippen molar-refractivity contribution in [2.75, 3.05) is 33.3 Å². The Labute approximate surface area is 138 Å². The first-order valence-electron chi connectivity index (χ1n) is 7.48. The number of nitrogens with one attached hydrogen (secondary N) is 2. The van der Waals surface area contributed by atoms with Gasteiger partial charge in [-0.05, 0) is 18.1 Å². The molecule has 1 aromatic rings. The van der Waals surface area contributed by atoms with Crippen LogP contribution in [0.4, 0.5) is 0 Å². The number of nitrogens with zero attached hydrogens (tertiary/aromatic N) is 1. The Morgan fingerprint density at radius 1 is 1.41 bits per heavy atom. The van der Waals surface area contributed by atoms with E-state index in [9.17, 15) is 4.79 Å². The maximum atomic E-state index is 12.1. The number of ether oxygens (including phenoxy) is 1.